The second kappa shape index (κ2) is 5.31. The molecule has 1 aromatic heterocycles. The Kier molecular flexibility index (Phi) is 3.44. The minimum Gasteiger partial charge on any atom is -0.268 e. The van der Waals surface area contributed by atoms with Crippen LogP contribution < -0.4 is 0 Å². The Balaban J connectivity index is 2.21. The first kappa shape index (κ1) is 14.9. The fourth-order valence-electron chi connectivity index (χ4n) is 2.63. The highest BCUT2D eigenvalue weighted by molar-refractivity contribution is 6.04. The van der Waals surface area contributed by atoms with Crippen molar-refractivity contribution in [2.24, 2.45) is 0 Å². The Hall–Kier alpha value is -3.02. The predicted molar refractivity (Wildman–Crippen MR) is 86.8 cm³/mol. The minimum absolute atomic E-state index is 0.0625. The minimum atomic E-state index is -0.517. The van der Waals surface area contributed by atoms with Gasteiger partial charge in [-0.05, 0) is 50.1 Å². The van der Waals surface area contributed by atoms with Gasteiger partial charge in [0.1, 0.15) is 11.9 Å². The Labute approximate surface area is 132 Å². The van der Waals surface area contributed by atoms with Gasteiger partial charge in [0.2, 0.25) is 0 Å². The van der Waals surface area contributed by atoms with Crippen LogP contribution in [0.25, 0.3) is 11.0 Å². The highest BCUT2D eigenvalue weighted by Gasteiger charge is 2.24. The van der Waals surface area contributed by atoms with Gasteiger partial charge in [0.25, 0.3) is 11.6 Å². The largest absolute Gasteiger partial charge is 0.285 e. The van der Waals surface area contributed by atoms with Crippen LogP contribution in [0, 0.1) is 30.9 Å². The highest BCUT2D eigenvalue weighted by atomic mass is 16.6. The van der Waals surface area contributed by atoms with Crippen LogP contribution in [0.15, 0.2) is 36.7 Å². The monoisotopic (exact) mass is 309 g/mol. The van der Waals surface area contributed by atoms with Crippen LogP contribution in [0.3, 0.4) is 0 Å². The zero-order valence-electron chi connectivity index (χ0n) is 13.0. The number of para-hydroxylation sites is 1. The molecule has 0 bridgehead atoms. The van der Waals surface area contributed by atoms with Gasteiger partial charge >= 0.3 is 0 Å². The van der Waals surface area contributed by atoms with Crippen molar-refractivity contribution < 1.29 is 9.72 Å². The summed E-state index contributed by atoms with van der Waals surface area (Å²) in [6.07, 6.45) is 1.41. The Morgan fingerprint density at radius 3 is 2.52 bits per heavy atom. The number of carbonyl (C=O) groups is 1. The first-order chi connectivity index (χ1) is 10.9. The van der Waals surface area contributed by atoms with Crippen LogP contribution in [0.1, 0.15) is 27.0 Å². The number of imidazole rings is 1. The van der Waals surface area contributed by atoms with E-state index in [4.69, 9.17) is 0 Å². The van der Waals surface area contributed by atoms with Gasteiger partial charge in [0.15, 0.2) is 0 Å². The van der Waals surface area contributed by atoms with Crippen molar-refractivity contribution in [1.82, 2.24) is 9.55 Å². The molecule has 2 aromatic carbocycles. The fourth-order valence-corrected chi connectivity index (χ4v) is 2.63. The van der Waals surface area contributed by atoms with Crippen LogP contribution >= 0.6 is 0 Å². The van der Waals surface area contributed by atoms with E-state index in [0.717, 1.165) is 11.1 Å². The Morgan fingerprint density at radius 1 is 1.13 bits per heavy atom. The number of aryl methyl sites for hydroxylation is 3. The van der Waals surface area contributed by atoms with Gasteiger partial charge in [-0.15, -0.1) is 0 Å². The number of hydrogen-bond donors (Lipinski definition) is 0. The zero-order valence-corrected chi connectivity index (χ0v) is 13.0. The third-order valence-electron chi connectivity index (χ3n) is 4.03. The molecule has 6 nitrogen and oxygen atoms in total. The Bertz CT molecular complexity index is 957. The van der Waals surface area contributed by atoms with Crippen molar-refractivity contribution in [3.8, 4) is 0 Å². The topological polar surface area (TPSA) is 78.0 Å². The van der Waals surface area contributed by atoms with Crippen LogP contribution in [0.2, 0.25) is 0 Å². The molecule has 0 radical (unpaired) electrons. The lowest BCUT2D eigenvalue weighted by atomic mass is 10.1. The molecule has 0 amide bonds. The molecule has 23 heavy (non-hydrogen) atoms. The SMILES string of the molecule is Cc1cc2ncn(C(=O)c3cccc(C)c3[N+](=O)[O-])c2cc1C. The third-order valence-corrected chi connectivity index (χ3v) is 4.03. The summed E-state index contributed by atoms with van der Waals surface area (Å²) in [5.41, 5.74) is 3.81. The van der Waals surface area contributed by atoms with E-state index in [1.165, 1.54) is 17.0 Å². The number of hydrogen-bond acceptors (Lipinski definition) is 4. The summed E-state index contributed by atoms with van der Waals surface area (Å²) in [6.45, 7) is 5.54. The lowest BCUT2D eigenvalue weighted by molar-refractivity contribution is -0.385. The van der Waals surface area contributed by atoms with Crippen molar-refractivity contribution in [2.75, 3.05) is 0 Å². The number of benzene rings is 2. The van der Waals surface area contributed by atoms with E-state index in [-0.39, 0.29) is 11.3 Å². The second-order valence-electron chi connectivity index (χ2n) is 5.57. The van der Waals surface area contributed by atoms with Crippen LogP contribution in [-0.4, -0.2) is 20.4 Å². The van der Waals surface area contributed by atoms with Crippen molar-refractivity contribution in [3.63, 3.8) is 0 Å². The molecular weight excluding hydrogens is 294 g/mol. The van der Waals surface area contributed by atoms with Crippen molar-refractivity contribution >= 4 is 22.6 Å². The van der Waals surface area contributed by atoms with E-state index < -0.39 is 10.8 Å². The summed E-state index contributed by atoms with van der Waals surface area (Å²) < 4.78 is 1.36. The quantitative estimate of drug-likeness (QED) is 0.535. The number of rotatable bonds is 2. The standard InChI is InChI=1S/C17H15N3O3/c1-10-5-4-6-13(16(10)20(22)23)17(21)19-9-18-14-7-11(2)12(3)8-15(14)19/h4-9H,1-3H3. The normalized spacial score (nSPS) is 10.9. The maximum absolute atomic E-state index is 12.8. The fraction of sp³-hybridized carbons (Fsp3) is 0.176. The zero-order chi connectivity index (χ0) is 16.7. The Morgan fingerprint density at radius 2 is 1.83 bits per heavy atom. The third kappa shape index (κ3) is 2.38. The van der Waals surface area contributed by atoms with Gasteiger partial charge in [-0.1, -0.05) is 12.1 Å². The van der Waals surface area contributed by atoms with Gasteiger partial charge in [-0.2, -0.15) is 0 Å². The lowest BCUT2D eigenvalue weighted by Gasteiger charge is -2.07. The van der Waals surface area contributed by atoms with E-state index in [9.17, 15) is 14.9 Å². The number of carbonyl (C=O) groups excluding carboxylic acids is 1. The second-order valence-corrected chi connectivity index (χ2v) is 5.57. The molecule has 0 fully saturated rings. The average Bonchev–Trinajstić information content (AvgIpc) is 2.89. The summed E-state index contributed by atoms with van der Waals surface area (Å²) in [4.78, 5) is 27.8. The van der Waals surface area contributed by atoms with E-state index in [1.807, 2.05) is 26.0 Å². The highest BCUT2D eigenvalue weighted by Crippen LogP contribution is 2.26. The molecule has 0 spiro atoms. The van der Waals surface area contributed by atoms with E-state index >= 15 is 0 Å². The smallest absolute Gasteiger partial charge is 0.268 e. The number of nitro groups is 1. The molecule has 0 atom stereocenters. The molecule has 0 aliphatic carbocycles. The molecule has 3 rings (SSSR count). The molecule has 3 aromatic rings. The van der Waals surface area contributed by atoms with Gasteiger partial charge < -0.3 is 0 Å². The van der Waals surface area contributed by atoms with E-state index in [0.29, 0.717) is 16.6 Å². The predicted octanol–water partition coefficient (Wildman–Crippen LogP) is 3.56. The van der Waals surface area contributed by atoms with Crippen LogP contribution in [0.5, 0.6) is 0 Å². The maximum atomic E-state index is 12.8. The van der Waals surface area contributed by atoms with Crippen LogP contribution in [0.4, 0.5) is 5.69 Å². The van der Waals surface area contributed by atoms with E-state index in [1.54, 1.807) is 19.1 Å². The number of nitro benzene ring substituents is 1. The molecule has 0 N–H and O–H groups in total. The van der Waals surface area contributed by atoms with Gasteiger partial charge in [0, 0.05) is 5.56 Å². The van der Waals surface area contributed by atoms with Crippen molar-refractivity contribution in [1.29, 1.82) is 0 Å². The summed E-state index contributed by atoms with van der Waals surface area (Å²) in [7, 11) is 0. The summed E-state index contributed by atoms with van der Waals surface area (Å²) in [6, 6.07) is 8.51. The molecule has 0 saturated carbocycles. The molecule has 0 saturated heterocycles. The number of nitrogens with zero attached hydrogens (tertiary/aromatic N) is 3. The first-order valence-corrected chi connectivity index (χ1v) is 7.13. The first-order valence-electron chi connectivity index (χ1n) is 7.13. The summed E-state index contributed by atoms with van der Waals surface area (Å²) >= 11 is 0. The van der Waals surface area contributed by atoms with Gasteiger partial charge in [-0.3, -0.25) is 19.5 Å². The van der Waals surface area contributed by atoms with Crippen molar-refractivity contribution in [2.45, 2.75) is 20.8 Å². The van der Waals surface area contributed by atoms with Gasteiger partial charge in [-0.25, -0.2) is 4.98 Å². The molecule has 0 aliphatic heterocycles. The van der Waals surface area contributed by atoms with Crippen LogP contribution in [-0.2, 0) is 0 Å². The van der Waals surface area contributed by atoms with E-state index in [2.05, 4.69) is 4.98 Å². The summed E-state index contributed by atoms with van der Waals surface area (Å²) in [5, 5.41) is 11.3. The molecule has 0 aliphatic rings. The summed E-state index contributed by atoms with van der Waals surface area (Å²) in [5.74, 6) is -0.453. The lowest BCUT2D eigenvalue weighted by Crippen LogP contribution is -2.13. The van der Waals surface area contributed by atoms with Gasteiger partial charge in [0.05, 0.1) is 16.0 Å². The average molecular weight is 309 g/mol. The van der Waals surface area contributed by atoms with Crippen molar-refractivity contribution in [3.05, 3.63) is 69.0 Å². The number of fused-ring (bicyclic) bond motifs is 1. The molecular formula is C17H15N3O3. The molecule has 1 heterocycles. The molecule has 6 heteroatoms. The molecule has 116 valence electrons. The number of aromatic nitrogens is 2. The maximum Gasteiger partial charge on any atom is 0.285 e. The molecule has 0 unspecified atom stereocenters.